The molecule has 2 heterocycles. The Balaban J connectivity index is 1.35. The van der Waals surface area contributed by atoms with Gasteiger partial charge in [0, 0.05) is 37.0 Å². The van der Waals surface area contributed by atoms with Gasteiger partial charge in [0.2, 0.25) is 5.91 Å². The summed E-state index contributed by atoms with van der Waals surface area (Å²) in [6.45, 7) is 4.33. The molecule has 0 saturated carbocycles. The number of aliphatic hydroxyl groups is 1. The van der Waals surface area contributed by atoms with Crippen LogP contribution in [-0.4, -0.2) is 43.6 Å². The van der Waals surface area contributed by atoms with Gasteiger partial charge in [0.05, 0.1) is 11.0 Å². The molecule has 1 aliphatic heterocycles. The number of fused-ring (bicyclic) bond motifs is 1. The number of sulfonamides is 1. The fraction of sp³-hybridized carbons (Fsp3) is 0.333. The molecule has 1 amide bonds. The largest absolute Gasteiger partial charge is 0.489 e. The van der Waals surface area contributed by atoms with Gasteiger partial charge < -0.3 is 15.2 Å². The van der Waals surface area contributed by atoms with Gasteiger partial charge in [-0.1, -0.05) is 38.1 Å². The van der Waals surface area contributed by atoms with Crippen LogP contribution in [0.3, 0.4) is 0 Å². The number of hydrogen-bond acceptors (Lipinski definition) is 7. The van der Waals surface area contributed by atoms with Crippen molar-refractivity contribution in [2.24, 2.45) is 5.92 Å². The molecule has 1 aliphatic rings. The van der Waals surface area contributed by atoms with Crippen LogP contribution in [0.15, 0.2) is 71.9 Å². The summed E-state index contributed by atoms with van der Waals surface area (Å²) in [7, 11) is -3.90. The maximum Gasteiger partial charge on any atom is 0.264 e. The van der Waals surface area contributed by atoms with E-state index in [0.717, 1.165) is 40.8 Å². The molecule has 36 heavy (non-hydrogen) atoms. The monoisotopic (exact) mass is 509 g/mol. The first-order chi connectivity index (χ1) is 17.2. The number of carbonyl (C=O) groups excluding carboxylic acids is 1. The van der Waals surface area contributed by atoms with Crippen LogP contribution in [0.5, 0.6) is 5.75 Å². The third-order valence-electron chi connectivity index (χ3n) is 6.13. The third-order valence-corrected chi connectivity index (χ3v) is 7.49. The number of aryl methyl sites for hydroxylation is 1. The van der Waals surface area contributed by atoms with Gasteiger partial charge in [-0.25, -0.2) is 13.1 Å². The molecular formula is C27H31N3O5S. The molecule has 0 radical (unpaired) electrons. The van der Waals surface area contributed by atoms with E-state index in [-0.39, 0.29) is 11.0 Å². The predicted octanol–water partition coefficient (Wildman–Crippen LogP) is 3.23. The molecule has 0 aliphatic carbocycles. The van der Waals surface area contributed by atoms with Crippen LogP contribution in [0.2, 0.25) is 0 Å². The Labute approximate surface area is 211 Å². The molecule has 0 spiro atoms. The fourth-order valence-electron chi connectivity index (χ4n) is 3.98. The minimum Gasteiger partial charge on any atom is -0.489 e. The Morgan fingerprint density at radius 2 is 1.89 bits per heavy atom. The van der Waals surface area contributed by atoms with E-state index in [1.165, 1.54) is 12.1 Å². The molecule has 8 nitrogen and oxygen atoms in total. The molecule has 2 aromatic carbocycles. The number of pyridine rings is 1. The number of rotatable bonds is 9. The van der Waals surface area contributed by atoms with Crippen molar-refractivity contribution in [2.45, 2.75) is 43.8 Å². The normalized spacial score (nSPS) is 16.2. The molecule has 1 aromatic heterocycles. The van der Waals surface area contributed by atoms with Crippen molar-refractivity contribution >= 4 is 15.9 Å². The Kier molecular flexibility index (Phi) is 8.03. The summed E-state index contributed by atoms with van der Waals surface area (Å²) in [6, 6.07) is 16.1. The van der Waals surface area contributed by atoms with Crippen molar-refractivity contribution in [3.8, 4) is 16.9 Å². The highest BCUT2D eigenvalue weighted by Crippen LogP contribution is 2.32. The average Bonchev–Trinajstić information content (AvgIpc) is 2.88. The Morgan fingerprint density at radius 3 is 2.58 bits per heavy atom. The molecule has 9 heteroatoms. The van der Waals surface area contributed by atoms with Crippen molar-refractivity contribution in [3.05, 3.63) is 78.1 Å². The second-order valence-electron chi connectivity index (χ2n) is 9.21. The zero-order valence-corrected chi connectivity index (χ0v) is 21.2. The van der Waals surface area contributed by atoms with E-state index in [0.29, 0.717) is 13.1 Å². The molecule has 190 valence electrons. The molecule has 3 N–H and O–H groups in total. The summed E-state index contributed by atoms with van der Waals surface area (Å²) in [5.74, 6) is -0.127. The highest BCUT2D eigenvalue weighted by Gasteiger charge is 2.22. The fourth-order valence-corrected chi connectivity index (χ4v) is 5.09. The SMILES string of the molecule is CC(C)C(=O)NS(=O)(=O)c1ccc(-c2ccc3c(c2)CCC(CNCC(O)c2cccnc2)O3)cc1. The lowest BCUT2D eigenvalue weighted by atomic mass is 9.97. The van der Waals surface area contributed by atoms with Crippen LogP contribution in [-0.2, 0) is 21.2 Å². The van der Waals surface area contributed by atoms with E-state index in [2.05, 4.69) is 21.1 Å². The molecule has 3 aromatic rings. The van der Waals surface area contributed by atoms with Gasteiger partial charge in [-0.05, 0) is 59.9 Å². The van der Waals surface area contributed by atoms with Crippen molar-refractivity contribution in [1.29, 1.82) is 0 Å². The lowest BCUT2D eigenvalue weighted by Gasteiger charge is -2.27. The number of hydrogen-bond donors (Lipinski definition) is 3. The van der Waals surface area contributed by atoms with Gasteiger partial charge in [0.25, 0.3) is 10.0 Å². The quantitative estimate of drug-likeness (QED) is 0.405. The molecule has 4 rings (SSSR count). The Morgan fingerprint density at radius 1 is 1.14 bits per heavy atom. The third kappa shape index (κ3) is 6.29. The van der Waals surface area contributed by atoms with Gasteiger partial charge in [-0.15, -0.1) is 0 Å². The van der Waals surface area contributed by atoms with E-state index in [9.17, 15) is 18.3 Å². The highest BCUT2D eigenvalue weighted by molar-refractivity contribution is 7.90. The molecule has 0 saturated heterocycles. The second kappa shape index (κ2) is 11.2. The first kappa shape index (κ1) is 25.8. The number of ether oxygens (including phenoxy) is 1. The zero-order chi connectivity index (χ0) is 25.7. The minimum atomic E-state index is -3.90. The number of nitrogens with one attached hydrogen (secondary N) is 2. The summed E-state index contributed by atoms with van der Waals surface area (Å²) < 4.78 is 33.1. The molecule has 0 bridgehead atoms. The van der Waals surface area contributed by atoms with Gasteiger partial charge in [-0.2, -0.15) is 0 Å². The van der Waals surface area contributed by atoms with Crippen LogP contribution in [0.4, 0.5) is 0 Å². The van der Waals surface area contributed by atoms with Crippen LogP contribution in [0.1, 0.15) is 37.5 Å². The lowest BCUT2D eigenvalue weighted by Crippen LogP contribution is -2.36. The number of amides is 1. The smallest absolute Gasteiger partial charge is 0.264 e. The number of aromatic nitrogens is 1. The van der Waals surface area contributed by atoms with Gasteiger partial charge in [0.1, 0.15) is 11.9 Å². The van der Waals surface area contributed by atoms with Crippen molar-refractivity contribution in [1.82, 2.24) is 15.0 Å². The first-order valence-electron chi connectivity index (χ1n) is 12.0. The number of benzene rings is 2. The van der Waals surface area contributed by atoms with Crippen molar-refractivity contribution in [2.75, 3.05) is 13.1 Å². The molecule has 2 atom stereocenters. The number of nitrogens with zero attached hydrogens (tertiary/aromatic N) is 1. The summed E-state index contributed by atoms with van der Waals surface area (Å²) in [4.78, 5) is 15.9. The maximum absolute atomic E-state index is 12.4. The van der Waals surface area contributed by atoms with E-state index in [1.54, 1.807) is 44.4 Å². The van der Waals surface area contributed by atoms with Crippen molar-refractivity contribution < 1.29 is 23.1 Å². The topological polar surface area (TPSA) is 118 Å². The maximum atomic E-state index is 12.4. The van der Waals surface area contributed by atoms with Crippen LogP contribution in [0.25, 0.3) is 11.1 Å². The van der Waals surface area contributed by atoms with E-state index in [1.807, 2.05) is 18.2 Å². The first-order valence-corrected chi connectivity index (χ1v) is 13.5. The van der Waals surface area contributed by atoms with E-state index >= 15 is 0 Å². The van der Waals surface area contributed by atoms with Gasteiger partial charge >= 0.3 is 0 Å². The van der Waals surface area contributed by atoms with E-state index in [4.69, 9.17) is 4.74 Å². The van der Waals surface area contributed by atoms with E-state index < -0.39 is 28.0 Å². The predicted molar refractivity (Wildman–Crippen MR) is 137 cm³/mol. The Hall–Kier alpha value is -3.27. The lowest BCUT2D eigenvalue weighted by molar-refractivity contribution is -0.122. The highest BCUT2D eigenvalue weighted by atomic mass is 32.2. The summed E-state index contributed by atoms with van der Waals surface area (Å²) in [5, 5.41) is 13.6. The number of aliphatic hydroxyl groups excluding tert-OH is 1. The van der Waals surface area contributed by atoms with Crippen molar-refractivity contribution in [3.63, 3.8) is 0 Å². The summed E-state index contributed by atoms with van der Waals surface area (Å²) >= 11 is 0. The molecular weight excluding hydrogens is 478 g/mol. The number of carbonyl (C=O) groups is 1. The standard InChI is InChI=1S/C27H31N3O5S/c1-18(2)27(32)30-36(33,34)24-10-6-19(7-11-24)20-8-12-26-21(14-20)5-9-23(35-26)16-29-17-25(31)22-4-3-13-28-15-22/h3-4,6-8,10-15,18,23,25,29,31H,5,9,16-17H2,1-2H3,(H,30,32). The van der Waals surface area contributed by atoms with Gasteiger partial charge in [-0.3, -0.25) is 9.78 Å². The Bertz CT molecular complexity index is 1290. The van der Waals surface area contributed by atoms with Crippen LogP contribution < -0.4 is 14.8 Å². The summed E-state index contributed by atoms with van der Waals surface area (Å²) in [6.07, 6.45) is 4.43. The molecule has 2 unspecified atom stereocenters. The summed E-state index contributed by atoms with van der Waals surface area (Å²) in [5.41, 5.74) is 3.71. The average molecular weight is 510 g/mol. The van der Waals surface area contributed by atoms with Crippen LogP contribution >= 0.6 is 0 Å². The zero-order valence-electron chi connectivity index (χ0n) is 20.3. The molecule has 0 fully saturated rings. The minimum absolute atomic E-state index is 0.00925. The van der Waals surface area contributed by atoms with Crippen LogP contribution in [0, 0.1) is 5.92 Å². The van der Waals surface area contributed by atoms with Gasteiger partial charge in [0.15, 0.2) is 0 Å². The second-order valence-corrected chi connectivity index (χ2v) is 10.9.